The van der Waals surface area contributed by atoms with Crippen molar-refractivity contribution in [3.05, 3.63) is 39.9 Å². The Morgan fingerprint density at radius 3 is 2.53 bits per heavy atom. The van der Waals surface area contributed by atoms with Gasteiger partial charge in [0.15, 0.2) is 21.3 Å². The van der Waals surface area contributed by atoms with Crippen LogP contribution in [0.5, 0.6) is 0 Å². The van der Waals surface area contributed by atoms with Gasteiger partial charge < -0.3 is 32.2 Å². The molecule has 0 bridgehead atoms. The van der Waals surface area contributed by atoms with Crippen LogP contribution in [-0.4, -0.2) is 31.9 Å². The maximum absolute atomic E-state index is 12.8. The predicted octanol–water partition coefficient (Wildman–Crippen LogP) is -1.37. The fraction of sp³-hybridized carbons (Fsp3) is 0.0714. The quantitative estimate of drug-likeness (QED) is 0.0959. The largest absolute Gasteiger partial charge is 0.859 e. The Morgan fingerprint density at radius 2 is 1.93 bits per heavy atom. The number of nitro benzene ring substituents is 1. The first-order chi connectivity index (χ1) is 14.2. The zero-order chi connectivity index (χ0) is 22.0. The molecule has 0 aliphatic carbocycles. The lowest BCUT2D eigenvalue weighted by Crippen LogP contribution is -2.59. The number of carbonyl (C=O) groups is 2. The van der Waals surface area contributed by atoms with Gasteiger partial charge in [-0.3, -0.25) is 25.1 Å². The average Bonchev–Trinajstić information content (AvgIpc) is 3.04. The number of fused-ring (bicyclic) bond motifs is 1. The van der Waals surface area contributed by atoms with Crippen molar-refractivity contribution in [1.82, 2.24) is 26.5 Å². The van der Waals surface area contributed by atoms with E-state index >= 15 is 0 Å². The first kappa shape index (κ1) is 21.1. The van der Waals surface area contributed by atoms with E-state index in [2.05, 4.69) is 44.0 Å². The van der Waals surface area contributed by atoms with Gasteiger partial charge in [0.2, 0.25) is 11.8 Å². The van der Waals surface area contributed by atoms with Gasteiger partial charge in [0.1, 0.15) is 0 Å². The van der Waals surface area contributed by atoms with Crippen LogP contribution in [-0.2, 0) is 9.59 Å². The summed E-state index contributed by atoms with van der Waals surface area (Å²) in [5.74, 6) is -4.17. The van der Waals surface area contributed by atoms with E-state index in [9.17, 15) is 24.8 Å². The Balaban J connectivity index is 1.95. The van der Waals surface area contributed by atoms with Crippen molar-refractivity contribution in [2.75, 3.05) is 5.32 Å². The lowest BCUT2D eigenvalue weighted by molar-refractivity contribution is -0.384. The number of hydrazine groups is 1. The van der Waals surface area contributed by atoms with Crippen LogP contribution in [0.1, 0.15) is 0 Å². The number of nitro groups is 1. The summed E-state index contributed by atoms with van der Waals surface area (Å²) in [6, 6.07) is 4.02. The molecule has 1 aliphatic rings. The van der Waals surface area contributed by atoms with Gasteiger partial charge in [-0.05, 0) is 36.4 Å². The van der Waals surface area contributed by atoms with Gasteiger partial charge in [0.25, 0.3) is 5.69 Å². The number of aromatic nitrogens is 1. The molecule has 1 aromatic carbocycles. The minimum atomic E-state index is -1.59. The van der Waals surface area contributed by atoms with Crippen molar-refractivity contribution in [1.29, 1.82) is 0 Å². The molecular weight excluding hydrogens is 456 g/mol. The van der Waals surface area contributed by atoms with Crippen LogP contribution in [0.15, 0.2) is 29.8 Å². The van der Waals surface area contributed by atoms with Crippen LogP contribution in [0.4, 0.5) is 10.8 Å². The van der Waals surface area contributed by atoms with E-state index in [0.29, 0.717) is 10.2 Å². The summed E-state index contributed by atoms with van der Waals surface area (Å²) >= 11 is 10.4. The number of anilines is 1. The highest BCUT2D eigenvalue weighted by Gasteiger charge is 2.36. The summed E-state index contributed by atoms with van der Waals surface area (Å²) in [6.07, 6.45) is 0. The monoisotopic (exact) mass is 467 g/mol. The number of non-ortho nitro benzene ring substituents is 1. The maximum atomic E-state index is 12.8. The Hall–Kier alpha value is -3.63. The van der Waals surface area contributed by atoms with Crippen LogP contribution in [0.3, 0.4) is 0 Å². The molecule has 0 unspecified atom stereocenters. The molecule has 0 radical (unpaired) electrons. The molecule has 7 N–H and O–H groups in total. The highest BCUT2D eigenvalue weighted by atomic mass is 32.1. The zero-order valence-corrected chi connectivity index (χ0v) is 17.0. The average molecular weight is 467 g/mol. The summed E-state index contributed by atoms with van der Waals surface area (Å²) in [5, 5.41) is 30.2. The van der Waals surface area contributed by atoms with E-state index in [4.69, 9.17) is 18.0 Å². The number of hydrogen-bond acceptors (Lipinski definition) is 11. The molecule has 156 valence electrons. The molecule has 2 aromatic rings. The lowest BCUT2D eigenvalue weighted by Gasteiger charge is -2.29. The Kier molecular flexibility index (Phi) is 5.90. The fourth-order valence-electron chi connectivity index (χ4n) is 2.41. The topological polar surface area (TPSA) is 199 Å². The van der Waals surface area contributed by atoms with E-state index in [1.165, 1.54) is 18.2 Å². The van der Waals surface area contributed by atoms with Gasteiger partial charge in [-0.1, -0.05) is 11.3 Å². The highest BCUT2D eigenvalue weighted by molar-refractivity contribution is 7.80. The smallest absolute Gasteiger partial charge is 0.270 e. The van der Waals surface area contributed by atoms with E-state index in [0.717, 1.165) is 11.3 Å². The first-order valence-corrected chi connectivity index (χ1v) is 9.49. The van der Waals surface area contributed by atoms with Crippen LogP contribution >= 0.6 is 35.8 Å². The highest BCUT2D eigenvalue weighted by Crippen LogP contribution is 2.30. The van der Waals surface area contributed by atoms with Crippen molar-refractivity contribution < 1.29 is 19.6 Å². The number of amides is 2. The number of thiocarbonyl (C=S) groups is 2. The molecule has 30 heavy (non-hydrogen) atoms. The number of thiazole rings is 1. The zero-order valence-electron chi connectivity index (χ0n) is 14.5. The van der Waals surface area contributed by atoms with Gasteiger partial charge in [0.05, 0.1) is 20.8 Å². The van der Waals surface area contributed by atoms with Crippen molar-refractivity contribution >= 4 is 78.8 Å². The number of benzene rings is 1. The standard InChI is InChI=1S/C14H12N8O5S3/c15-12(28)21-20-8(7-9(23)17-13(29)18-10(7)24)11(25)19-14-16-5-2-1-4(22(26)27)3-6(5)30-14/h1-3,7,20,25H,(H,16,19)(H3,15,21,28)(H2,17,18,23,24,29)/p-1. The SMILES string of the molecule is NC(=S)NNC(=C([O-])Nc1nc2ccc([N+](=O)[O-])cc2s1)C1C(=O)NC(=S)NC1=O. The summed E-state index contributed by atoms with van der Waals surface area (Å²) in [6.45, 7) is 0. The van der Waals surface area contributed by atoms with Crippen molar-refractivity contribution in [2.24, 2.45) is 11.7 Å². The van der Waals surface area contributed by atoms with Crippen LogP contribution in [0.2, 0.25) is 0 Å². The van der Waals surface area contributed by atoms with Crippen molar-refractivity contribution in [2.45, 2.75) is 0 Å². The molecule has 1 aromatic heterocycles. The second-order valence-electron chi connectivity index (χ2n) is 5.65. The molecule has 1 aliphatic heterocycles. The van der Waals surface area contributed by atoms with Gasteiger partial charge >= 0.3 is 0 Å². The van der Waals surface area contributed by atoms with Gasteiger partial charge in [-0.15, -0.1) is 0 Å². The number of nitrogens with two attached hydrogens (primary N) is 1. The Morgan fingerprint density at radius 1 is 1.27 bits per heavy atom. The molecule has 2 heterocycles. The van der Waals surface area contributed by atoms with Gasteiger partial charge in [-0.2, -0.15) is 0 Å². The van der Waals surface area contributed by atoms with Crippen LogP contribution in [0.25, 0.3) is 10.2 Å². The molecular formula is C14H11N8O5S3-. The third-order valence-corrected chi connectivity index (χ3v) is 4.89. The Bertz CT molecular complexity index is 1110. The molecule has 1 fully saturated rings. The molecule has 0 atom stereocenters. The van der Waals surface area contributed by atoms with E-state index in [-0.39, 0.29) is 21.0 Å². The van der Waals surface area contributed by atoms with Crippen LogP contribution in [0, 0.1) is 16.0 Å². The predicted molar refractivity (Wildman–Crippen MR) is 112 cm³/mol. The van der Waals surface area contributed by atoms with Crippen LogP contribution < -0.4 is 37.6 Å². The lowest BCUT2D eigenvalue weighted by atomic mass is 10.0. The number of rotatable bonds is 6. The normalized spacial score (nSPS) is 15.1. The van der Waals surface area contributed by atoms with Crippen molar-refractivity contribution in [3.8, 4) is 0 Å². The molecule has 1 saturated heterocycles. The van der Waals surface area contributed by atoms with Crippen molar-refractivity contribution in [3.63, 3.8) is 0 Å². The number of hydrogen-bond donors (Lipinski definition) is 6. The molecule has 3 rings (SSSR count). The minimum absolute atomic E-state index is 0.0808. The van der Waals surface area contributed by atoms with Gasteiger partial charge in [-0.25, -0.2) is 4.98 Å². The summed E-state index contributed by atoms with van der Waals surface area (Å²) in [4.78, 5) is 39.0. The van der Waals surface area contributed by atoms with E-state index < -0.39 is 34.2 Å². The Labute approximate surface area is 181 Å². The summed E-state index contributed by atoms with van der Waals surface area (Å²) < 4.78 is 0.453. The maximum Gasteiger partial charge on any atom is 0.270 e. The second kappa shape index (κ2) is 8.39. The number of nitrogens with one attached hydrogen (secondary N) is 5. The molecule has 13 nitrogen and oxygen atoms in total. The molecule has 16 heteroatoms. The summed E-state index contributed by atoms with van der Waals surface area (Å²) in [7, 11) is 0. The minimum Gasteiger partial charge on any atom is -0.859 e. The molecule has 0 saturated carbocycles. The third kappa shape index (κ3) is 4.50. The summed E-state index contributed by atoms with van der Waals surface area (Å²) in [5.41, 5.74) is 9.82. The first-order valence-electron chi connectivity index (χ1n) is 7.86. The van der Waals surface area contributed by atoms with E-state index in [1.807, 2.05) is 0 Å². The third-order valence-electron chi connectivity index (χ3n) is 3.65. The number of nitrogens with zero attached hydrogens (tertiary/aromatic N) is 2. The fourth-order valence-corrected chi connectivity index (χ4v) is 3.56. The molecule has 2 amide bonds. The second-order valence-corrected chi connectivity index (χ2v) is 7.53. The van der Waals surface area contributed by atoms with Gasteiger partial charge in [0, 0.05) is 12.1 Å². The molecule has 0 spiro atoms. The van der Waals surface area contributed by atoms with E-state index in [1.54, 1.807) is 0 Å². The number of carbonyl (C=O) groups excluding carboxylic acids is 2.